The Bertz CT molecular complexity index is 1410. The fourth-order valence-corrected chi connectivity index (χ4v) is 4.03. The fraction of sp³-hybridized carbons (Fsp3) is 0.200. The highest BCUT2D eigenvalue weighted by Crippen LogP contribution is 2.37. The van der Waals surface area contributed by atoms with Crippen molar-refractivity contribution in [3.8, 4) is 11.3 Å². The van der Waals surface area contributed by atoms with Crippen LogP contribution in [0.2, 0.25) is 0 Å². The minimum atomic E-state index is -0.650. The second kappa shape index (κ2) is 6.16. The number of fused-ring (bicyclic) bond motifs is 5. The van der Waals surface area contributed by atoms with Crippen molar-refractivity contribution in [2.24, 2.45) is 7.05 Å². The molecule has 3 heterocycles. The minimum absolute atomic E-state index is 0.650. The summed E-state index contributed by atoms with van der Waals surface area (Å²) in [5.41, 5.74) is 5.79. The van der Waals surface area contributed by atoms with Crippen molar-refractivity contribution in [2.75, 3.05) is 0 Å². The maximum absolute atomic E-state index is 8.40. The van der Waals surface area contributed by atoms with E-state index in [0.29, 0.717) is 5.71 Å². The molecule has 0 atom stereocenters. The standard InChI is InChI=1S/C25H23N2O/c1-15(2)17-11-12-27(4)22(13-17)19-9-10-21-23-20-8-6-5-7-18(20)14-26-25(23)28-24(21)16(19)3/h5-15H,1-4H3/q+1/i15D. The Balaban J connectivity index is 1.81. The number of benzene rings is 2. The molecule has 0 saturated heterocycles. The van der Waals surface area contributed by atoms with Crippen LogP contribution in [-0.2, 0) is 7.05 Å². The molecule has 28 heavy (non-hydrogen) atoms. The van der Waals surface area contributed by atoms with Crippen LogP contribution in [0.4, 0.5) is 0 Å². The molecule has 3 nitrogen and oxygen atoms in total. The minimum Gasteiger partial charge on any atom is -0.437 e. The molecule has 0 saturated carbocycles. The van der Waals surface area contributed by atoms with E-state index in [0.717, 1.165) is 49.5 Å². The molecule has 0 amide bonds. The molecular weight excluding hydrogens is 344 g/mol. The van der Waals surface area contributed by atoms with Gasteiger partial charge in [-0.05, 0) is 35.9 Å². The van der Waals surface area contributed by atoms with Gasteiger partial charge < -0.3 is 4.42 Å². The molecule has 0 radical (unpaired) electrons. The Morgan fingerprint density at radius 1 is 1.07 bits per heavy atom. The van der Waals surface area contributed by atoms with Crippen LogP contribution in [0.3, 0.4) is 0 Å². The van der Waals surface area contributed by atoms with Crippen LogP contribution in [0.15, 0.2) is 65.3 Å². The predicted octanol–water partition coefficient (Wildman–Crippen LogP) is 6.06. The van der Waals surface area contributed by atoms with Crippen LogP contribution in [0.25, 0.3) is 44.1 Å². The summed E-state index contributed by atoms with van der Waals surface area (Å²) in [5.74, 6) is -0.650. The average Bonchev–Trinajstić information content (AvgIpc) is 3.08. The summed E-state index contributed by atoms with van der Waals surface area (Å²) >= 11 is 0. The number of rotatable bonds is 2. The zero-order valence-electron chi connectivity index (χ0n) is 17.6. The summed E-state index contributed by atoms with van der Waals surface area (Å²) in [5, 5.41) is 4.43. The van der Waals surface area contributed by atoms with Crippen LogP contribution < -0.4 is 4.57 Å². The van der Waals surface area contributed by atoms with Crippen molar-refractivity contribution >= 4 is 32.8 Å². The van der Waals surface area contributed by atoms with Crippen molar-refractivity contribution < 1.29 is 10.4 Å². The third-order valence-corrected chi connectivity index (χ3v) is 5.64. The molecule has 0 bridgehead atoms. The lowest BCUT2D eigenvalue weighted by atomic mass is 9.97. The van der Waals surface area contributed by atoms with Crippen molar-refractivity contribution in [3.63, 3.8) is 0 Å². The quantitative estimate of drug-likeness (QED) is 0.355. The van der Waals surface area contributed by atoms with Gasteiger partial charge in [-0.1, -0.05) is 38.1 Å². The molecule has 2 aromatic carbocycles. The summed E-state index contributed by atoms with van der Waals surface area (Å²) in [7, 11) is 2.04. The fourth-order valence-electron chi connectivity index (χ4n) is 4.03. The molecule has 0 N–H and O–H groups in total. The number of pyridine rings is 2. The number of hydrogen-bond donors (Lipinski definition) is 0. The molecule has 5 rings (SSSR count). The lowest BCUT2D eigenvalue weighted by Crippen LogP contribution is -2.30. The summed E-state index contributed by atoms with van der Waals surface area (Å²) in [4.78, 5) is 4.56. The Kier molecular flexibility index (Phi) is 3.48. The van der Waals surface area contributed by atoms with E-state index >= 15 is 0 Å². The first-order valence-corrected chi connectivity index (χ1v) is 9.55. The van der Waals surface area contributed by atoms with Crippen molar-refractivity contribution in [1.82, 2.24) is 4.98 Å². The largest absolute Gasteiger partial charge is 0.437 e. The van der Waals surface area contributed by atoms with Crippen molar-refractivity contribution in [2.45, 2.75) is 26.7 Å². The van der Waals surface area contributed by atoms with Gasteiger partial charge in [0.05, 0.1) is 10.9 Å². The van der Waals surface area contributed by atoms with E-state index in [2.05, 4.69) is 52.9 Å². The molecule has 3 heteroatoms. The third-order valence-electron chi connectivity index (χ3n) is 5.64. The van der Waals surface area contributed by atoms with Gasteiger partial charge in [-0.25, -0.2) is 9.55 Å². The van der Waals surface area contributed by atoms with Crippen LogP contribution in [0.1, 0.15) is 32.2 Å². The maximum Gasteiger partial charge on any atom is 0.227 e. The van der Waals surface area contributed by atoms with Gasteiger partial charge in [0.2, 0.25) is 11.4 Å². The predicted molar refractivity (Wildman–Crippen MR) is 114 cm³/mol. The molecule has 0 fully saturated rings. The van der Waals surface area contributed by atoms with Gasteiger partial charge in [0.15, 0.2) is 6.20 Å². The molecule has 0 aliphatic carbocycles. The van der Waals surface area contributed by atoms with Gasteiger partial charge in [0.25, 0.3) is 0 Å². The van der Waals surface area contributed by atoms with Gasteiger partial charge in [0, 0.05) is 36.0 Å². The molecule has 5 aromatic rings. The maximum atomic E-state index is 8.40. The van der Waals surface area contributed by atoms with Crippen molar-refractivity contribution in [1.29, 1.82) is 0 Å². The number of aryl methyl sites for hydroxylation is 2. The first kappa shape index (κ1) is 15.8. The first-order chi connectivity index (χ1) is 13.8. The molecule has 138 valence electrons. The molecule has 0 unspecified atom stereocenters. The Morgan fingerprint density at radius 2 is 1.89 bits per heavy atom. The number of hydrogen-bond acceptors (Lipinski definition) is 2. The van der Waals surface area contributed by atoms with E-state index in [-0.39, 0.29) is 0 Å². The molecule has 0 spiro atoms. The smallest absolute Gasteiger partial charge is 0.227 e. The van der Waals surface area contributed by atoms with Crippen LogP contribution >= 0.6 is 0 Å². The summed E-state index contributed by atoms with van der Waals surface area (Å²) < 4.78 is 16.7. The molecule has 0 aliphatic rings. The monoisotopic (exact) mass is 368 g/mol. The normalized spacial score (nSPS) is 12.8. The van der Waals surface area contributed by atoms with Crippen molar-refractivity contribution in [3.05, 3.63) is 72.1 Å². The van der Waals surface area contributed by atoms with Gasteiger partial charge >= 0.3 is 0 Å². The molecular formula is C25H23N2O+. The lowest BCUT2D eigenvalue weighted by molar-refractivity contribution is -0.660. The van der Waals surface area contributed by atoms with Gasteiger partial charge in [-0.3, -0.25) is 0 Å². The van der Waals surface area contributed by atoms with Gasteiger partial charge in [0.1, 0.15) is 12.6 Å². The third kappa shape index (κ3) is 2.43. The van der Waals surface area contributed by atoms with Crippen LogP contribution in [0, 0.1) is 6.92 Å². The Hall–Kier alpha value is -3.20. The first-order valence-electron chi connectivity index (χ1n) is 10.0. The Morgan fingerprint density at radius 3 is 2.71 bits per heavy atom. The molecule has 0 aliphatic heterocycles. The summed E-state index contributed by atoms with van der Waals surface area (Å²) in [6, 6.07) is 16.7. The van der Waals surface area contributed by atoms with E-state index in [1.54, 1.807) is 0 Å². The average molecular weight is 368 g/mol. The highest BCUT2D eigenvalue weighted by Gasteiger charge is 2.20. The Labute approximate surface area is 165 Å². The zero-order valence-corrected chi connectivity index (χ0v) is 16.6. The number of furan rings is 1. The van der Waals surface area contributed by atoms with Gasteiger partial charge in [-0.15, -0.1) is 0 Å². The highest BCUT2D eigenvalue weighted by atomic mass is 16.3. The van der Waals surface area contributed by atoms with E-state index in [9.17, 15) is 0 Å². The second-order valence-electron chi connectivity index (χ2n) is 7.65. The summed E-state index contributed by atoms with van der Waals surface area (Å²) in [6.45, 7) is 5.93. The SMILES string of the molecule is [2H]C(C)(C)c1cc[n+](C)c(-c2ccc3c(oc4ncc5ccccc5c43)c2C)c1. The second-order valence-corrected chi connectivity index (χ2v) is 7.65. The lowest BCUT2D eigenvalue weighted by Gasteiger charge is -2.09. The van der Waals surface area contributed by atoms with E-state index in [1.165, 1.54) is 0 Å². The van der Waals surface area contributed by atoms with E-state index in [1.807, 2.05) is 45.4 Å². The van der Waals surface area contributed by atoms with Gasteiger partial charge in [-0.2, -0.15) is 0 Å². The van der Waals surface area contributed by atoms with Crippen LogP contribution in [0.5, 0.6) is 0 Å². The topological polar surface area (TPSA) is 29.9 Å². The highest BCUT2D eigenvalue weighted by molar-refractivity contribution is 6.18. The number of nitrogens with zero attached hydrogens (tertiary/aromatic N) is 2. The molecule has 3 aromatic heterocycles. The van der Waals surface area contributed by atoms with E-state index in [4.69, 9.17) is 5.79 Å². The number of aromatic nitrogens is 2. The van der Waals surface area contributed by atoms with Crippen LogP contribution in [-0.4, -0.2) is 4.98 Å². The van der Waals surface area contributed by atoms with E-state index < -0.39 is 5.89 Å². The zero-order chi connectivity index (χ0) is 20.3. The summed E-state index contributed by atoms with van der Waals surface area (Å²) in [6.07, 6.45) is 3.90.